The van der Waals surface area contributed by atoms with E-state index in [4.69, 9.17) is 33.7 Å². The van der Waals surface area contributed by atoms with Crippen molar-refractivity contribution in [3.05, 3.63) is 69.7 Å². The van der Waals surface area contributed by atoms with Crippen LogP contribution in [-0.2, 0) is 24.3 Å². The van der Waals surface area contributed by atoms with Crippen molar-refractivity contribution >= 4 is 45.0 Å². The lowest BCUT2D eigenvalue weighted by atomic mass is 9.64. The number of sulfonamides is 1. The summed E-state index contributed by atoms with van der Waals surface area (Å²) >= 11 is 12.9. The zero-order valence-electron chi connectivity index (χ0n) is 26.0. The van der Waals surface area contributed by atoms with Crippen LogP contribution >= 0.6 is 23.2 Å². The lowest BCUT2D eigenvalue weighted by molar-refractivity contribution is -0.160. The van der Waals surface area contributed by atoms with Crippen molar-refractivity contribution in [3.63, 3.8) is 0 Å². The van der Waals surface area contributed by atoms with Crippen LogP contribution in [0.15, 0.2) is 48.5 Å². The number of benzene rings is 2. The second-order valence-corrected chi connectivity index (χ2v) is 16.0. The number of halogens is 2. The molecule has 5 rings (SSSR count). The normalized spacial score (nSPS) is 25.4. The summed E-state index contributed by atoms with van der Waals surface area (Å²) in [5, 5.41) is 0.773. The van der Waals surface area contributed by atoms with Crippen LogP contribution in [0.3, 0.4) is 0 Å². The fourth-order valence-corrected chi connectivity index (χ4v) is 9.05. The SMILES string of the molecule is CCC(CN(C)S(=O)(=O)C1CC1)N1C(=O)C(CCN2CCOCC2)(CC(N)=O)CC(c2cccc(Cl)c2)C1c1ccc(Cl)cc1. The molecule has 2 amide bonds. The van der Waals surface area contributed by atoms with Gasteiger partial charge in [-0.1, -0.05) is 54.4 Å². The van der Waals surface area contributed by atoms with Gasteiger partial charge in [0.25, 0.3) is 0 Å². The highest BCUT2D eigenvalue weighted by molar-refractivity contribution is 7.90. The van der Waals surface area contributed by atoms with E-state index < -0.39 is 33.4 Å². The maximum atomic E-state index is 15.2. The Labute approximate surface area is 277 Å². The van der Waals surface area contributed by atoms with Crippen LogP contribution in [0.1, 0.15) is 68.5 Å². The zero-order chi connectivity index (χ0) is 32.4. The van der Waals surface area contributed by atoms with Gasteiger partial charge in [-0.05, 0) is 74.0 Å². The van der Waals surface area contributed by atoms with E-state index in [0.29, 0.717) is 61.9 Å². The average molecular weight is 680 g/mol. The number of likely N-dealkylation sites (N-methyl/N-ethyl adjacent to an activating group) is 1. The van der Waals surface area contributed by atoms with Gasteiger partial charge in [-0.3, -0.25) is 14.5 Å². The topological polar surface area (TPSA) is 113 Å². The molecule has 2 heterocycles. The maximum Gasteiger partial charge on any atom is 0.230 e. The number of hydrogen-bond donors (Lipinski definition) is 1. The second kappa shape index (κ2) is 14.3. The number of ether oxygens (including phenoxy) is 1. The fraction of sp³-hybridized carbons (Fsp3) is 0.576. The van der Waals surface area contributed by atoms with Crippen LogP contribution in [0.5, 0.6) is 0 Å². The molecule has 246 valence electrons. The number of carbonyl (C=O) groups is 2. The minimum atomic E-state index is -3.49. The lowest BCUT2D eigenvalue weighted by Gasteiger charge is -2.53. The van der Waals surface area contributed by atoms with E-state index in [0.717, 1.165) is 24.2 Å². The molecule has 2 aromatic rings. The molecule has 2 aliphatic heterocycles. The Morgan fingerprint density at radius 3 is 2.38 bits per heavy atom. The van der Waals surface area contributed by atoms with E-state index in [1.165, 1.54) is 4.31 Å². The molecule has 45 heavy (non-hydrogen) atoms. The monoisotopic (exact) mass is 678 g/mol. The van der Waals surface area contributed by atoms with Gasteiger partial charge >= 0.3 is 0 Å². The predicted molar refractivity (Wildman–Crippen MR) is 177 cm³/mol. The molecule has 0 aromatic heterocycles. The van der Waals surface area contributed by atoms with E-state index in [9.17, 15) is 13.2 Å². The molecule has 1 aliphatic carbocycles. The summed E-state index contributed by atoms with van der Waals surface area (Å²) in [6.07, 6.45) is 2.53. The molecule has 0 spiro atoms. The molecular weight excluding hydrogens is 635 g/mol. The first-order valence-electron chi connectivity index (χ1n) is 15.8. The van der Waals surface area contributed by atoms with Crippen LogP contribution in [0.2, 0.25) is 10.0 Å². The fourth-order valence-electron chi connectivity index (χ4n) is 7.11. The van der Waals surface area contributed by atoms with Crippen LogP contribution < -0.4 is 5.73 Å². The molecule has 3 aliphatic rings. The van der Waals surface area contributed by atoms with Gasteiger partial charge in [-0.25, -0.2) is 12.7 Å². The molecule has 1 saturated carbocycles. The summed E-state index contributed by atoms with van der Waals surface area (Å²) in [6.45, 7) is 5.45. The third-order valence-electron chi connectivity index (χ3n) is 9.70. The van der Waals surface area contributed by atoms with Crippen molar-refractivity contribution in [2.24, 2.45) is 11.1 Å². The number of carbonyl (C=O) groups excluding carboxylic acids is 2. The Bertz CT molecular complexity index is 1470. The Balaban J connectivity index is 1.64. The molecule has 2 N–H and O–H groups in total. The summed E-state index contributed by atoms with van der Waals surface area (Å²) in [6, 6.07) is 14.2. The van der Waals surface area contributed by atoms with E-state index in [2.05, 4.69) is 4.90 Å². The number of nitrogens with two attached hydrogens (primary N) is 1. The smallest absolute Gasteiger partial charge is 0.230 e. The standard InChI is InChI=1S/C33H44Cl2N4O5S/c1-3-27(22-37(2)45(42,43)28-11-12-28)39-31(23-7-9-25(34)10-8-23)29(24-5-4-6-26(35)19-24)20-33(32(39)41,21-30(36)40)13-14-38-15-17-44-18-16-38/h4-10,19,27-29,31H,3,11-18,20-22H2,1-2H3,(H2,36,40). The Kier molecular flexibility index (Phi) is 10.8. The maximum absolute atomic E-state index is 15.2. The van der Waals surface area contributed by atoms with Crippen molar-refractivity contribution < 1.29 is 22.7 Å². The molecule has 9 nitrogen and oxygen atoms in total. The molecule has 12 heteroatoms. The van der Waals surface area contributed by atoms with Crippen molar-refractivity contribution in [2.45, 2.75) is 68.7 Å². The summed E-state index contributed by atoms with van der Waals surface area (Å²) in [5.41, 5.74) is 6.64. The van der Waals surface area contributed by atoms with Crippen molar-refractivity contribution in [1.82, 2.24) is 14.1 Å². The Hall–Kier alpha value is -2.21. The first kappa shape index (κ1) is 34.1. The number of primary amides is 1. The third kappa shape index (κ3) is 7.68. The molecule has 4 unspecified atom stereocenters. The van der Waals surface area contributed by atoms with Gasteiger partial charge in [0.05, 0.1) is 29.9 Å². The molecule has 4 atom stereocenters. The summed E-state index contributed by atoms with van der Waals surface area (Å²) < 4.78 is 33.5. The first-order chi connectivity index (χ1) is 21.4. The van der Waals surface area contributed by atoms with Crippen LogP contribution in [0.4, 0.5) is 0 Å². The largest absolute Gasteiger partial charge is 0.379 e. The number of amides is 2. The highest BCUT2D eigenvalue weighted by atomic mass is 35.5. The Morgan fingerprint density at radius 2 is 1.78 bits per heavy atom. The zero-order valence-corrected chi connectivity index (χ0v) is 28.4. The van der Waals surface area contributed by atoms with Gasteiger partial charge in [0, 0.05) is 55.1 Å². The van der Waals surface area contributed by atoms with Crippen molar-refractivity contribution in [2.75, 3.05) is 46.4 Å². The molecule has 2 saturated heterocycles. The van der Waals surface area contributed by atoms with Gasteiger partial charge in [0.1, 0.15) is 0 Å². The number of rotatable bonds is 13. The predicted octanol–water partition coefficient (Wildman–Crippen LogP) is 4.84. The van der Waals surface area contributed by atoms with Crippen LogP contribution in [-0.4, -0.2) is 92.1 Å². The molecular formula is C33H44Cl2N4O5S. The quantitative estimate of drug-likeness (QED) is 0.325. The highest BCUT2D eigenvalue weighted by Gasteiger charge is 2.54. The van der Waals surface area contributed by atoms with Gasteiger partial charge in [-0.15, -0.1) is 0 Å². The number of piperidine rings is 1. The minimum absolute atomic E-state index is 0.107. The number of hydrogen-bond acceptors (Lipinski definition) is 6. The van der Waals surface area contributed by atoms with Crippen LogP contribution in [0, 0.1) is 5.41 Å². The van der Waals surface area contributed by atoms with E-state index in [1.54, 1.807) is 7.05 Å². The number of morpholine rings is 1. The average Bonchev–Trinajstić information content (AvgIpc) is 3.87. The molecule has 0 radical (unpaired) electrons. The highest BCUT2D eigenvalue weighted by Crippen LogP contribution is 2.54. The van der Waals surface area contributed by atoms with E-state index in [-0.39, 0.29) is 30.0 Å². The van der Waals surface area contributed by atoms with Crippen LogP contribution in [0.25, 0.3) is 0 Å². The summed E-state index contributed by atoms with van der Waals surface area (Å²) in [4.78, 5) is 32.1. The molecule has 2 aromatic carbocycles. The number of likely N-dealkylation sites (tertiary alicyclic amines) is 1. The van der Waals surface area contributed by atoms with E-state index >= 15 is 4.79 Å². The number of nitrogens with zero attached hydrogens (tertiary/aromatic N) is 3. The van der Waals surface area contributed by atoms with Gasteiger partial charge in [0.15, 0.2) is 0 Å². The Morgan fingerprint density at radius 1 is 1.09 bits per heavy atom. The van der Waals surface area contributed by atoms with Gasteiger partial charge in [0.2, 0.25) is 21.8 Å². The van der Waals surface area contributed by atoms with Gasteiger partial charge < -0.3 is 15.4 Å². The summed E-state index contributed by atoms with van der Waals surface area (Å²) in [5.74, 6) is -0.968. The van der Waals surface area contributed by atoms with Crippen molar-refractivity contribution in [3.8, 4) is 0 Å². The molecule has 3 fully saturated rings. The lowest BCUT2D eigenvalue weighted by Crippen LogP contribution is -2.60. The van der Waals surface area contributed by atoms with Crippen molar-refractivity contribution in [1.29, 1.82) is 0 Å². The first-order valence-corrected chi connectivity index (χ1v) is 18.1. The minimum Gasteiger partial charge on any atom is -0.379 e. The molecule has 0 bridgehead atoms. The van der Waals surface area contributed by atoms with E-state index in [1.807, 2.05) is 60.4 Å². The third-order valence-corrected chi connectivity index (χ3v) is 12.5. The summed E-state index contributed by atoms with van der Waals surface area (Å²) in [7, 11) is -1.89. The van der Waals surface area contributed by atoms with Gasteiger partial charge in [-0.2, -0.15) is 0 Å². The second-order valence-electron chi connectivity index (χ2n) is 12.8.